The summed E-state index contributed by atoms with van der Waals surface area (Å²) >= 11 is 0. The normalized spacial score (nSPS) is 15.5. The highest BCUT2D eigenvalue weighted by molar-refractivity contribution is 4.69. The Morgan fingerprint density at radius 2 is 1.82 bits per heavy atom. The Bertz CT molecular complexity index is 113. The topological polar surface area (TPSA) is 20.2 Å². The summed E-state index contributed by atoms with van der Waals surface area (Å²) in [4.78, 5) is 0. The van der Waals surface area contributed by atoms with E-state index in [1.165, 1.54) is 6.92 Å². The summed E-state index contributed by atoms with van der Waals surface area (Å²) in [6.45, 7) is 1.28. The second-order valence-corrected chi connectivity index (χ2v) is 2.45. The first kappa shape index (κ1) is 10.7. The van der Waals surface area contributed by atoms with Gasteiger partial charge in [0.2, 0.25) is 0 Å². The maximum Gasteiger partial charge on any atom is 0.307 e. The Kier molecular flexibility index (Phi) is 3.78. The second-order valence-electron chi connectivity index (χ2n) is 2.45. The summed E-state index contributed by atoms with van der Waals surface area (Å²) in [7, 11) is 0. The molecule has 0 heterocycles. The van der Waals surface area contributed by atoms with Crippen LogP contribution in [0.15, 0.2) is 0 Å². The molecular weight excluding hydrogens is 164 g/mol. The maximum absolute atomic E-state index is 12.0. The van der Waals surface area contributed by atoms with Gasteiger partial charge in [-0.2, -0.15) is 0 Å². The van der Waals surface area contributed by atoms with Crippen LogP contribution in [-0.4, -0.2) is 23.6 Å². The van der Waals surface area contributed by atoms with Gasteiger partial charge in [0.05, 0.1) is 6.10 Å². The van der Waals surface area contributed by atoms with E-state index in [9.17, 15) is 17.6 Å². The Labute approximate surface area is 62.0 Å². The number of alkyl halides is 4. The molecule has 1 atom stereocenters. The quantitative estimate of drug-likeness (QED) is 0.646. The van der Waals surface area contributed by atoms with Gasteiger partial charge in [-0.3, -0.25) is 0 Å². The minimum Gasteiger partial charge on any atom is -0.393 e. The molecule has 68 valence electrons. The molecule has 0 amide bonds. The molecule has 0 radical (unpaired) electrons. The predicted octanol–water partition coefficient (Wildman–Crippen LogP) is 2.05. The van der Waals surface area contributed by atoms with Crippen LogP contribution in [0.1, 0.15) is 19.8 Å². The van der Waals surface area contributed by atoms with Gasteiger partial charge in [0.15, 0.2) is 0 Å². The standard InChI is InChI=1S/C6H10F4O/c1-4(11)2-3-6(9,10)5(7)8/h4-5,11H,2-3H2,1H3/t4-/m1/s1. The Morgan fingerprint density at radius 1 is 1.36 bits per heavy atom. The Hall–Kier alpha value is -0.320. The van der Waals surface area contributed by atoms with Crippen LogP contribution >= 0.6 is 0 Å². The number of aliphatic hydroxyl groups excluding tert-OH is 1. The Balaban J connectivity index is 3.73. The van der Waals surface area contributed by atoms with Crippen LogP contribution in [0, 0.1) is 0 Å². The van der Waals surface area contributed by atoms with Crippen molar-refractivity contribution in [1.82, 2.24) is 0 Å². The summed E-state index contributed by atoms with van der Waals surface area (Å²) in [6.07, 6.45) is -5.87. The molecule has 0 aliphatic rings. The van der Waals surface area contributed by atoms with Crippen LogP contribution in [0.3, 0.4) is 0 Å². The first-order valence-corrected chi connectivity index (χ1v) is 3.20. The van der Waals surface area contributed by atoms with Crippen molar-refractivity contribution in [3.05, 3.63) is 0 Å². The van der Waals surface area contributed by atoms with Crippen LogP contribution < -0.4 is 0 Å². The number of rotatable bonds is 4. The maximum atomic E-state index is 12.0. The molecule has 0 unspecified atom stereocenters. The van der Waals surface area contributed by atoms with Crippen molar-refractivity contribution in [3.8, 4) is 0 Å². The zero-order valence-electron chi connectivity index (χ0n) is 6.03. The minimum atomic E-state index is -3.96. The summed E-state index contributed by atoms with van der Waals surface area (Å²) in [5.41, 5.74) is 0. The van der Waals surface area contributed by atoms with E-state index >= 15 is 0 Å². The molecular formula is C6H10F4O. The lowest BCUT2D eigenvalue weighted by molar-refractivity contribution is -0.136. The van der Waals surface area contributed by atoms with Gasteiger partial charge in [-0.15, -0.1) is 0 Å². The molecule has 0 fully saturated rings. The summed E-state index contributed by atoms with van der Waals surface area (Å²) < 4.78 is 47.0. The van der Waals surface area contributed by atoms with Crippen molar-refractivity contribution in [2.45, 2.75) is 38.2 Å². The molecule has 0 rings (SSSR count). The Morgan fingerprint density at radius 3 is 2.09 bits per heavy atom. The third kappa shape index (κ3) is 4.19. The van der Waals surface area contributed by atoms with Crippen LogP contribution in [0.2, 0.25) is 0 Å². The summed E-state index contributed by atoms with van der Waals surface area (Å²) in [5, 5.41) is 8.52. The van der Waals surface area contributed by atoms with E-state index in [4.69, 9.17) is 5.11 Å². The first-order chi connectivity index (χ1) is 4.86. The molecule has 0 aromatic carbocycles. The molecule has 0 spiro atoms. The van der Waals surface area contributed by atoms with Crippen molar-refractivity contribution < 1.29 is 22.7 Å². The lowest BCUT2D eigenvalue weighted by Crippen LogP contribution is -2.27. The molecule has 0 aliphatic heterocycles. The lowest BCUT2D eigenvalue weighted by atomic mass is 10.1. The van der Waals surface area contributed by atoms with Crippen molar-refractivity contribution >= 4 is 0 Å². The van der Waals surface area contributed by atoms with Gasteiger partial charge >= 0.3 is 12.3 Å². The average molecular weight is 174 g/mol. The fourth-order valence-corrected chi connectivity index (χ4v) is 0.510. The largest absolute Gasteiger partial charge is 0.393 e. The number of hydrogen-bond donors (Lipinski definition) is 1. The van der Waals surface area contributed by atoms with E-state index in [1.54, 1.807) is 0 Å². The molecule has 0 bridgehead atoms. The highest BCUT2D eigenvalue weighted by atomic mass is 19.3. The van der Waals surface area contributed by atoms with Crippen LogP contribution in [0.5, 0.6) is 0 Å². The van der Waals surface area contributed by atoms with E-state index in [1.807, 2.05) is 0 Å². The van der Waals surface area contributed by atoms with Gasteiger partial charge < -0.3 is 5.11 Å². The van der Waals surface area contributed by atoms with E-state index in [-0.39, 0.29) is 6.42 Å². The zero-order chi connectivity index (χ0) is 9.07. The molecule has 1 N–H and O–H groups in total. The SMILES string of the molecule is C[C@@H](O)CCC(F)(F)C(F)F. The van der Waals surface area contributed by atoms with E-state index in [0.29, 0.717) is 0 Å². The highest BCUT2D eigenvalue weighted by Gasteiger charge is 2.39. The zero-order valence-corrected chi connectivity index (χ0v) is 6.03. The third-order valence-corrected chi connectivity index (χ3v) is 1.21. The van der Waals surface area contributed by atoms with E-state index < -0.39 is 24.9 Å². The molecule has 0 saturated heterocycles. The van der Waals surface area contributed by atoms with Crippen molar-refractivity contribution in [3.63, 3.8) is 0 Å². The van der Waals surface area contributed by atoms with Gasteiger partial charge in [-0.1, -0.05) is 0 Å². The molecule has 11 heavy (non-hydrogen) atoms. The summed E-state index contributed by atoms with van der Waals surface area (Å²) in [5.74, 6) is -3.96. The molecule has 5 heteroatoms. The number of halogens is 4. The molecule has 0 aliphatic carbocycles. The average Bonchev–Trinajstić information content (AvgIpc) is 1.84. The van der Waals surface area contributed by atoms with Gasteiger partial charge in [0, 0.05) is 6.42 Å². The molecule has 1 nitrogen and oxygen atoms in total. The van der Waals surface area contributed by atoms with Gasteiger partial charge in [-0.25, -0.2) is 17.6 Å². The molecule has 0 aromatic heterocycles. The van der Waals surface area contributed by atoms with E-state index in [2.05, 4.69) is 0 Å². The van der Waals surface area contributed by atoms with Gasteiger partial charge in [0.25, 0.3) is 0 Å². The highest BCUT2D eigenvalue weighted by Crippen LogP contribution is 2.28. The van der Waals surface area contributed by atoms with E-state index in [0.717, 1.165) is 0 Å². The fourth-order valence-electron chi connectivity index (χ4n) is 0.510. The number of aliphatic hydroxyl groups is 1. The fraction of sp³-hybridized carbons (Fsp3) is 1.00. The molecule has 0 saturated carbocycles. The number of hydrogen-bond acceptors (Lipinski definition) is 1. The van der Waals surface area contributed by atoms with Crippen molar-refractivity contribution in [1.29, 1.82) is 0 Å². The van der Waals surface area contributed by atoms with Crippen molar-refractivity contribution in [2.24, 2.45) is 0 Å². The van der Waals surface area contributed by atoms with Crippen LogP contribution in [0.4, 0.5) is 17.6 Å². The second kappa shape index (κ2) is 3.90. The lowest BCUT2D eigenvalue weighted by Gasteiger charge is -2.15. The first-order valence-electron chi connectivity index (χ1n) is 3.20. The third-order valence-electron chi connectivity index (χ3n) is 1.21. The monoisotopic (exact) mass is 174 g/mol. The minimum absolute atomic E-state index is 0.308. The molecule has 0 aromatic rings. The van der Waals surface area contributed by atoms with Crippen LogP contribution in [0.25, 0.3) is 0 Å². The summed E-state index contributed by atoms with van der Waals surface area (Å²) in [6, 6.07) is 0. The van der Waals surface area contributed by atoms with Crippen LogP contribution in [-0.2, 0) is 0 Å². The predicted molar refractivity (Wildman–Crippen MR) is 31.9 cm³/mol. The smallest absolute Gasteiger partial charge is 0.307 e. The van der Waals surface area contributed by atoms with Crippen molar-refractivity contribution in [2.75, 3.05) is 0 Å². The van der Waals surface area contributed by atoms with Gasteiger partial charge in [0.1, 0.15) is 0 Å². The van der Waals surface area contributed by atoms with Gasteiger partial charge in [-0.05, 0) is 13.3 Å².